The molecule has 0 aliphatic heterocycles. The van der Waals surface area contributed by atoms with Gasteiger partial charge in [0.1, 0.15) is 0 Å². The van der Waals surface area contributed by atoms with Crippen molar-refractivity contribution in [2.75, 3.05) is 0 Å². The van der Waals surface area contributed by atoms with Gasteiger partial charge >= 0.3 is 0 Å². The summed E-state index contributed by atoms with van der Waals surface area (Å²) in [7, 11) is 0. The van der Waals surface area contributed by atoms with Crippen molar-refractivity contribution in [3.05, 3.63) is 5.92 Å². The Kier molecular flexibility index (Phi) is 7.25. The molecule has 5 aliphatic rings. The molecule has 5 rings (SSSR count). The monoisotopic (exact) mass is 598 g/mol. The van der Waals surface area contributed by atoms with Gasteiger partial charge in [0.25, 0.3) is 0 Å². The Hall–Kier alpha value is 1.10. The Bertz CT molecular complexity index is 956. The zero-order chi connectivity index (χ0) is 28.0. The third kappa shape index (κ3) is 3.30. The van der Waals surface area contributed by atoms with E-state index in [-0.39, 0.29) is 38.1 Å². The van der Waals surface area contributed by atoms with Gasteiger partial charge in [-0.1, -0.05) is 135 Å². The predicted molar refractivity (Wildman–Crippen MR) is 161 cm³/mol. The third-order valence-electron chi connectivity index (χ3n) is 17.9. The number of hydrogen-bond donors (Lipinski definition) is 0. The Morgan fingerprint density at radius 3 is 1.76 bits per heavy atom. The van der Waals surface area contributed by atoms with Crippen molar-refractivity contribution in [2.45, 2.75) is 155 Å². The topological polar surface area (TPSA) is 0 Å². The van der Waals surface area contributed by atoms with Gasteiger partial charge in [0.05, 0.1) is 0 Å². The molecule has 1 radical (unpaired) electrons. The average molecular weight is 599 g/mol. The zero-order valence-electron chi connectivity index (χ0n) is 28.5. The van der Waals surface area contributed by atoms with Crippen LogP contribution in [0.5, 0.6) is 0 Å². The molecule has 0 aromatic rings. The second kappa shape index (κ2) is 8.60. The van der Waals surface area contributed by atoms with Crippen molar-refractivity contribution in [3.8, 4) is 0 Å². The van der Waals surface area contributed by atoms with Crippen LogP contribution >= 0.6 is 0 Å². The van der Waals surface area contributed by atoms with E-state index in [2.05, 4.69) is 104 Å². The van der Waals surface area contributed by atoms with Gasteiger partial charge in [-0.05, 0) is 75.9 Å². The summed E-state index contributed by atoms with van der Waals surface area (Å²) in [6.07, 6.45) is 11.4. The van der Waals surface area contributed by atoms with Crippen LogP contribution in [0.15, 0.2) is 0 Å². The standard InChI is InChI=1S/C37H65.Y/c1-24-22-27-33(11)18-16-25(2)30(5,6)26(33)17-19-34(27,12)35(13)20-21-37(15)32(9,10)31(7,8)29(3,4)23-36(37,14)28(24)35;/h24-27H,16-23H2,1-15H3;/q-1;/t24?,25-,26?,27?,33-,34+,35+,36-,37?;/m0./s1. The summed E-state index contributed by atoms with van der Waals surface area (Å²) < 4.78 is 0. The van der Waals surface area contributed by atoms with Gasteiger partial charge in [0, 0.05) is 32.7 Å². The van der Waals surface area contributed by atoms with Crippen LogP contribution in [0.4, 0.5) is 0 Å². The molecule has 1 heteroatoms. The van der Waals surface area contributed by atoms with Crippen LogP contribution in [0.2, 0.25) is 0 Å². The molecule has 5 saturated carbocycles. The number of rotatable bonds is 0. The molecule has 0 amide bonds. The first-order valence-corrected chi connectivity index (χ1v) is 16.4. The van der Waals surface area contributed by atoms with Crippen molar-refractivity contribution >= 4 is 0 Å². The van der Waals surface area contributed by atoms with Crippen LogP contribution in [0.1, 0.15) is 155 Å². The minimum absolute atomic E-state index is 0. The van der Waals surface area contributed by atoms with Gasteiger partial charge in [-0.3, -0.25) is 5.92 Å². The molecule has 9 atom stereocenters. The fourth-order valence-electron chi connectivity index (χ4n) is 13.8. The van der Waals surface area contributed by atoms with E-state index in [0.717, 1.165) is 23.7 Å². The van der Waals surface area contributed by atoms with E-state index in [1.165, 1.54) is 51.4 Å². The molecule has 217 valence electrons. The first-order valence-electron chi connectivity index (χ1n) is 16.4. The summed E-state index contributed by atoms with van der Waals surface area (Å²) in [5, 5.41) is 0. The van der Waals surface area contributed by atoms with E-state index in [1.54, 1.807) is 0 Å². The largest absolute Gasteiger partial charge is 0.298 e. The smallest absolute Gasteiger partial charge is 0 e. The van der Waals surface area contributed by atoms with Gasteiger partial charge < -0.3 is 0 Å². The summed E-state index contributed by atoms with van der Waals surface area (Å²) in [5.74, 6) is 5.37. The van der Waals surface area contributed by atoms with E-state index in [0.29, 0.717) is 43.3 Å². The number of hydrogen-bond acceptors (Lipinski definition) is 0. The zero-order valence-corrected chi connectivity index (χ0v) is 31.4. The molecule has 0 nitrogen and oxygen atoms in total. The average Bonchev–Trinajstić information content (AvgIpc) is 2.74. The molecule has 38 heavy (non-hydrogen) atoms. The Morgan fingerprint density at radius 2 is 1.18 bits per heavy atom. The Morgan fingerprint density at radius 1 is 0.605 bits per heavy atom. The molecule has 0 N–H and O–H groups in total. The molecule has 4 unspecified atom stereocenters. The maximum atomic E-state index is 2.81. The van der Waals surface area contributed by atoms with Gasteiger partial charge in [-0.15, -0.1) is 10.8 Å². The van der Waals surface area contributed by atoms with E-state index >= 15 is 0 Å². The molecular weight excluding hydrogens is 533 g/mol. The van der Waals surface area contributed by atoms with E-state index in [9.17, 15) is 0 Å². The quantitative estimate of drug-likeness (QED) is 0.243. The molecule has 5 fully saturated rings. The molecule has 0 spiro atoms. The maximum Gasteiger partial charge on any atom is 0 e. The minimum atomic E-state index is 0. The first kappa shape index (κ1) is 32.0. The molecule has 0 aromatic heterocycles. The van der Waals surface area contributed by atoms with Crippen molar-refractivity contribution in [3.63, 3.8) is 0 Å². The van der Waals surface area contributed by atoms with Crippen LogP contribution in [0.3, 0.4) is 0 Å². The van der Waals surface area contributed by atoms with Gasteiger partial charge in [-0.25, -0.2) is 0 Å². The molecule has 0 heterocycles. The summed E-state index contributed by atoms with van der Waals surface area (Å²) >= 11 is 0. The molecule has 5 aliphatic carbocycles. The summed E-state index contributed by atoms with van der Waals surface area (Å²) in [5.41, 5.74) is 3.32. The SMILES string of the molecule is CC1CC2[C@@]3(C)CC[C@H](C)C(C)(C)C3CC[C@@]2(C)[C@]2(C)CCC3(C)C(C)(C)C(C)(C)C(C)(C)C[C@@]3(C)[C-]12.[Y]. The minimum Gasteiger partial charge on any atom is -0.298 e. The Labute approximate surface area is 264 Å². The second-order valence-corrected chi connectivity index (χ2v) is 19.2. The van der Waals surface area contributed by atoms with E-state index in [4.69, 9.17) is 0 Å². The molecule has 0 aromatic carbocycles. The summed E-state index contributed by atoms with van der Waals surface area (Å²) in [6.45, 7) is 40.2. The normalized spacial score (nSPS) is 54.4. The van der Waals surface area contributed by atoms with Crippen LogP contribution in [-0.4, -0.2) is 0 Å². The molecular formula is C37H65Y-. The van der Waals surface area contributed by atoms with Crippen LogP contribution in [0, 0.1) is 78.3 Å². The molecule has 0 saturated heterocycles. The predicted octanol–water partition coefficient (Wildman–Crippen LogP) is 11.4. The Balaban J connectivity index is 0.00000336. The second-order valence-electron chi connectivity index (χ2n) is 19.2. The van der Waals surface area contributed by atoms with Crippen molar-refractivity contribution < 1.29 is 32.7 Å². The fourth-order valence-corrected chi connectivity index (χ4v) is 13.8. The third-order valence-corrected chi connectivity index (χ3v) is 17.9. The van der Waals surface area contributed by atoms with Crippen molar-refractivity contribution in [1.29, 1.82) is 0 Å². The van der Waals surface area contributed by atoms with Gasteiger partial charge in [0.2, 0.25) is 0 Å². The van der Waals surface area contributed by atoms with Crippen LogP contribution < -0.4 is 0 Å². The van der Waals surface area contributed by atoms with E-state index in [1.807, 2.05) is 5.92 Å². The van der Waals surface area contributed by atoms with Gasteiger partial charge in [0.15, 0.2) is 0 Å². The first-order chi connectivity index (χ1) is 16.5. The summed E-state index contributed by atoms with van der Waals surface area (Å²) in [4.78, 5) is 0. The summed E-state index contributed by atoms with van der Waals surface area (Å²) in [6, 6.07) is 0. The fraction of sp³-hybridized carbons (Fsp3) is 0.973. The van der Waals surface area contributed by atoms with E-state index < -0.39 is 0 Å². The number of fused-ring (bicyclic) bond motifs is 7. The van der Waals surface area contributed by atoms with Crippen LogP contribution in [0.25, 0.3) is 0 Å². The van der Waals surface area contributed by atoms with Crippen molar-refractivity contribution in [1.82, 2.24) is 0 Å². The van der Waals surface area contributed by atoms with Crippen LogP contribution in [-0.2, 0) is 32.7 Å². The molecule has 0 bridgehead atoms. The van der Waals surface area contributed by atoms with Crippen molar-refractivity contribution in [2.24, 2.45) is 72.4 Å². The maximum absolute atomic E-state index is 2.81. The van der Waals surface area contributed by atoms with Gasteiger partial charge in [-0.2, -0.15) is 5.92 Å².